The summed E-state index contributed by atoms with van der Waals surface area (Å²) in [4.78, 5) is 45.6. The highest BCUT2D eigenvalue weighted by molar-refractivity contribution is 7.47. The van der Waals surface area contributed by atoms with Crippen molar-refractivity contribution in [1.82, 2.24) is 39.0 Å². The molecule has 6 heterocycles. The summed E-state index contributed by atoms with van der Waals surface area (Å²) < 4.78 is 37.3. The number of nitrogens with two attached hydrogens (primary N) is 1. The molecule has 0 saturated carbocycles. The zero-order valence-corrected chi connectivity index (χ0v) is 23.2. The van der Waals surface area contributed by atoms with E-state index in [1.54, 1.807) is 0 Å². The molecule has 2 saturated heterocycles. The topological polar surface area (TPSA) is 288 Å². The third kappa shape index (κ3) is 5.20. The van der Waals surface area contributed by atoms with Crippen molar-refractivity contribution >= 4 is 36.1 Å². The van der Waals surface area contributed by atoms with Crippen LogP contribution in [-0.4, -0.2) is 114 Å². The number of fused-ring (bicyclic) bond motifs is 2. The van der Waals surface area contributed by atoms with Gasteiger partial charge in [-0.3, -0.25) is 28.0 Å². The largest absolute Gasteiger partial charge is 0.472 e. The molecule has 21 heteroatoms. The van der Waals surface area contributed by atoms with Crippen molar-refractivity contribution in [1.29, 1.82) is 0 Å². The molecule has 9 atom stereocenters. The van der Waals surface area contributed by atoms with Gasteiger partial charge in [0.05, 0.1) is 31.6 Å². The van der Waals surface area contributed by atoms with Crippen LogP contribution in [0.5, 0.6) is 0 Å². The molecule has 0 spiro atoms. The lowest BCUT2D eigenvalue weighted by molar-refractivity contribution is -0.0615. The van der Waals surface area contributed by atoms with Crippen LogP contribution < -0.4 is 11.3 Å². The fourth-order valence-electron chi connectivity index (χ4n) is 5.13. The van der Waals surface area contributed by atoms with Crippen LogP contribution in [0, 0.1) is 0 Å². The number of phosphoric ester groups is 1. The average molecular weight is 625 g/mol. The van der Waals surface area contributed by atoms with Gasteiger partial charge in [-0.1, -0.05) is 6.92 Å². The number of aromatic nitrogens is 8. The minimum Gasteiger partial charge on any atom is -0.394 e. The van der Waals surface area contributed by atoms with Crippen LogP contribution in [-0.2, 0) is 29.5 Å². The van der Waals surface area contributed by atoms with E-state index in [9.17, 15) is 34.7 Å². The third-order valence-electron chi connectivity index (χ3n) is 7.26. The molecule has 0 amide bonds. The Morgan fingerprint density at radius 3 is 2.42 bits per heavy atom. The van der Waals surface area contributed by atoms with Crippen LogP contribution >= 0.6 is 7.82 Å². The van der Waals surface area contributed by atoms with E-state index in [0.29, 0.717) is 23.3 Å². The number of anilines is 1. The first-order valence-electron chi connectivity index (χ1n) is 13.0. The number of nitrogens with zero attached hydrogens (tertiary/aromatic N) is 7. The number of aryl methyl sites for hydroxylation is 1. The monoisotopic (exact) mass is 625 g/mol. The second-order valence-electron chi connectivity index (χ2n) is 9.89. The standard InChI is InChI=1S/C22H28N9O11P/c1-2-8-11-17(25-5-24-8)30(6-26-11)20-15(35)13(33)10(41-20)4-39-43(37,38)42-16-14(34)9(3-32)40-21(16)31-7-27-12-18(31)28-22(23)29-19(12)36/h5-7,9-10,13-16,20-21,32-35H,2-4H2,1H3,(H,37,38)(H3,23,28,29,36)/t9-,10-,13-,14-,15-,16-,20-,21-/m1/s1. The van der Waals surface area contributed by atoms with Crippen LogP contribution in [0.25, 0.3) is 22.3 Å². The number of rotatable bonds is 9. The number of H-pyrrole nitrogens is 1. The summed E-state index contributed by atoms with van der Waals surface area (Å²) >= 11 is 0. The van der Waals surface area contributed by atoms with Crippen molar-refractivity contribution in [2.24, 2.45) is 0 Å². The predicted molar refractivity (Wildman–Crippen MR) is 141 cm³/mol. The molecule has 20 nitrogen and oxygen atoms in total. The smallest absolute Gasteiger partial charge is 0.394 e. The minimum absolute atomic E-state index is 0.0785. The van der Waals surface area contributed by atoms with Crippen molar-refractivity contribution in [2.45, 2.75) is 62.4 Å². The molecular formula is C22H28N9O11P. The number of aromatic amines is 1. The highest BCUT2D eigenvalue weighted by Crippen LogP contribution is 2.50. The van der Waals surface area contributed by atoms with Gasteiger partial charge in [0.2, 0.25) is 5.95 Å². The van der Waals surface area contributed by atoms with E-state index in [1.165, 1.54) is 17.2 Å². The Bertz CT molecular complexity index is 1750. The van der Waals surface area contributed by atoms with E-state index in [4.69, 9.17) is 24.3 Å². The van der Waals surface area contributed by atoms with Gasteiger partial charge in [0.1, 0.15) is 48.5 Å². The molecule has 2 fully saturated rings. The number of nitrogens with one attached hydrogen (secondary N) is 1. The van der Waals surface area contributed by atoms with Crippen molar-refractivity contribution in [2.75, 3.05) is 18.9 Å². The highest BCUT2D eigenvalue weighted by atomic mass is 31.2. The predicted octanol–water partition coefficient (Wildman–Crippen LogP) is -2.52. The van der Waals surface area contributed by atoms with Crippen LogP contribution in [0.1, 0.15) is 25.1 Å². The summed E-state index contributed by atoms with van der Waals surface area (Å²) in [5.41, 5.74) is 6.27. The van der Waals surface area contributed by atoms with Crippen LogP contribution in [0.2, 0.25) is 0 Å². The van der Waals surface area contributed by atoms with Gasteiger partial charge in [0, 0.05) is 0 Å². The van der Waals surface area contributed by atoms with Gasteiger partial charge < -0.3 is 40.5 Å². The molecule has 2 aliphatic rings. The molecule has 4 aromatic rings. The molecule has 1 unspecified atom stereocenters. The van der Waals surface area contributed by atoms with Gasteiger partial charge in [-0.15, -0.1) is 0 Å². The fourth-order valence-corrected chi connectivity index (χ4v) is 6.06. The zero-order chi connectivity index (χ0) is 30.6. The maximum absolute atomic E-state index is 13.0. The third-order valence-corrected chi connectivity index (χ3v) is 8.24. The second kappa shape index (κ2) is 11.2. The number of hydrogen-bond acceptors (Lipinski definition) is 16. The first kappa shape index (κ1) is 29.6. The van der Waals surface area contributed by atoms with Gasteiger partial charge in [-0.25, -0.2) is 24.5 Å². The Labute approximate surface area is 240 Å². The summed E-state index contributed by atoms with van der Waals surface area (Å²) in [6.45, 7) is 0.484. The Balaban J connectivity index is 1.19. The summed E-state index contributed by atoms with van der Waals surface area (Å²) in [5, 5.41) is 41.7. The SMILES string of the molecule is CCc1ncnc2c1ncn2[C@@H]1O[C@H](COP(=O)(O)O[C@@H]2[C@H](O)[C@@H](CO)O[C@H]2n2cnc3c(=O)[nH]c(N)nc32)[C@@H](O)[C@H]1O. The first-order chi connectivity index (χ1) is 20.5. The summed E-state index contributed by atoms with van der Waals surface area (Å²) in [6.07, 6.45) is -7.01. The molecule has 6 rings (SSSR count). The molecular weight excluding hydrogens is 597 g/mol. The van der Waals surface area contributed by atoms with Crippen LogP contribution in [0.15, 0.2) is 23.8 Å². The fraction of sp³-hybridized carbons (Fsp3) is 0.545. The molecule has 0 bridgehead atoms. The number of hydrogen-bond donors (Lipinski definition) is 7. The normalized spacial score (nSPS) is 30.8. The van der Waals surface area contributed by atoms with E-state index in [2.05, 4.69) is 29.9 Å². The lowest BCUT2D eigenvalue weighted by Crippen LogP contribution is -2.36. The molecule has 0 aromatic carbocycles. The second-order valence-corrected chi connectivity index (χ2v) is 11.3. The van der Waals surface area contributed by atoms with E-state index in [-0.39, 0.29) is 17.1 Å². The van der Waals surface area contributed by atoms with E-state index in [1.807, 2.05) is 6.92 Å². The maximum Gasteiger partial charge on any atom is 0.472 e. The van der Waals surface area contributed by atoms with Gasteiger partial charge >= 0.3 is 7.82 Å². The highest BCUT2D eigenvalue weighted by Gasteiger charge is 2.50. The number of imidazole rings is 2. The van der Waals surface area contributed by atoms with Crippen molar-refractivity contribution < 1.29 is 48.4 Å². The molecule has 2 aliphatic heterocycles. The Morgan fingerprint density at radius 2 is 1.70 bits per heavy atom. The summed E-state index contributed by atoms with van der Waals surface area (Å²) in [6, 6.07) is 0. The van der Waals surface area contributed by atoms with Crippen molar-refractivity contribution in [3.63, 3.8) is 0 Å². The molecule has 4 aromatic heterocycles. The van der Waals surface area contributed by atoms with E-state index in [0.717, 1.165) is 10.9 Å². The molecule has 232 valence electrons. The van der Waals surface area contributed by atoms with Gasteiger partial charge in [0.15, 0.2) is 29.3 Å². The lowest BCUT2D eigenvalue weighted by Gasteiger charge is -2.24. The number of phosphoric acid groups is 1. The summed E-state index contributed by atoms with van der Waals surface area (Å²) in [5.74, 6) is -0.248. The quantitative estimate of drug-likeness (QED) is 0.0944. The number of nitrogen functional groups attached to an aromatic ring is 1. The Hall–Kier alpha value is -3.43. The number of aliphatic hydroxyl groups excluding tert-OH is 4. The van der Waals surface area contributed by atoms with E-state index >= 15 is 0 Å². The minimum atomic E-state index is -5.04. The summed E-state index contributed by atoms with van der Waals surface area (Å²) in [7, 11) is -5.04. The van der Waals surface area contributed by atoms with Crippen molar-refractivity contribution in [3.8, 4) is 0 Å². The lowest BCUT2D eigenvalue weighted by atomic mass is 10.1. The number of ether oxygens (including phenoxy) is 2. The maximum atomic E-state index is 13.0. The van der Waals surface area contributed by atoms with E-state index < -0.39 is 75.7 Å². The average Bonchev–Trinajstić information content (AvgIpc) is 3.73. The number of aliphatic hydroxyl groups is 4. The van der Waals surface area contributed by atoms with Crippen LogP contribution in [0.4, 0.5) is 5.95 Å². The molecule has 43 heavy (non-hydrogen) atoms. The Morgan fingerprint density at radius 1 is 1.00 bits per heavy atom. The zero-order valence-electron chi connectivity index (χ0n) is 22.3. The van der Waals surface area contributed by atoms with Gasteiger partial charge in [-0.2, -0.15) is 4.98 Å². The van der Waals surface area contributed by atoms with Gasteiger partial charge in [-0.05, 0) is 6.42 Å². The molecule has 8 N–H and O–H groups in total. The van der Waals surface area contributed by atoms with Crippen molar-refractivity contribution in [3.05, 3.63) is 35.0 Å². The Kier molecular flexibility index (Phi) is 7.75. The molecule has 0 aliphatic carbocycles. The first-order valence-corrected chi connectivity index (χ1v) is 14.5. The van der Waals surface area contributed by atoms with Crippen LogP contribution in [0.3, 0.4) is 0 Å². The molecule has 0 radical (unpaired) electrons. The van der Waals surface area contributed by atoms with Gasteiger partial charge in [0.25, 0.3) is 5.56 Å².